The molecule has 2 heterocycles. The third-order valence-corrected chi connectivity index (χ3v) is 4.13. The molecule has 7 nitrogen and oxygen atoms in total. The summed E-state index contributed by atoms with van der Waals surface area (Å²) in [7, 11) is 0. The summed E-state index contributed by atoms with van der Waals surface area (Å²) in [6.45, 7) is 0.485. The van der Waals surface area contributed by atoms with E-state index in [1.165, 1.54) is 0 Å². The summed E-state index contributed by atoms with van der Waals surface area (Å²) in [4.78, 5) is 36.0. The van der Waals surface area contributed by atoms with Crippen molar-refractivity contribution in [1.82, 2.24) is 10.2 Å². The second-order valence-corrected chi connectivity index (χ2v) is 5.68. The van der Waals surface area contributed by atoms with Gasteiger partial charge < -0.3 is 14.8 Å². The summed E-state index contributed by atoms with van der Waals surface area (Å²) < 4.78 is 11.0. The van der Waals surface area contributed by atoms with Gasteiger partial charge >= 0.3 is 0 Å². The van der Waals surface area contributed by atoms with Gasteiger partial charge in [0.25, 0.3) is 11.1 Å². The summed E-state index contributed by atoms with van der Waals surface area (Å²) in [5.74, 6) is 0.743. The number of rotatable bonds is 4. The van der Waals surface area contributed by atoms with Crippen LogP contribution in [0.3, 0.4) is 0 Å². The lowest BCUT2D eigenvalue weighted by molar-refractivity contribution is -0.131. The Morgan fingerprint density at radius 1 is 1.32 bits per heavy atom. The highest BCUT2D eigenvalue weighted by atomic mass is 32.2. The van der Waals surface area contributed by atoms with E-state index in [0.29, 0.717) is 11.5 Å². The quantitative estimate of drug-likeness (QED) is 0.875. The fourth-order valence-electron chi connectivity index (χ4n) is 2.15. The Balaban J connectivity index is 1.49. The Hall–Kier alpha value is -2.22. The lowest BCUT2D eigenvalue weighted by Crippen LogP contribution is -2.46. The Morgan fingerprint density at radius 2 is 2.09 bits per heavy atom. The highest BCUT2D eigenvalue weighted by Gasteiger charge is 2.30. The number of thioether (sulfide) groups is 1. The molecule has 0 saturated carbocycles. The number of hydrogen-bond donors (Lipinski definition) is 1. The van der Waals surface area contributed by atoms with Crippen LogP contribution in [0.5, 0.6) is 11.5 Å². The third kappa shape index (κ3) is 3.01. The summed E-state index contributed by atoms with van der Waals surface area (Å²) in [6, 6.07) is 7.12. The third-order valence-electron chi connectivity index (χ3n) is 3.28. The number of nitrogens with zero attached hydrogens (tertiary/aromatic N) is 1. The smallest absolute Gasteiger partial charge is 0.288 e. The van der Waals surface area contributed by atoms with Gasteiger partial charge in [0.05, 0.1) is 5.75 Å². The molecule has 8 heteroatoms. The van der Waals surface area contributed by atoms with E-state index in [0.717, 1.165) is 16.7 Å². The maximum Gasteiger partial charge on any atom is 0.288 e. The zero-order valence-electron chi connectivity index (χ0n) is 11.6. The Labute approximate surface area is 130 Å². The first-order chi connectivity index (χ1) is 10.6. The van der Waals surface area contributed by atoms with Crippen molar-refractivity contribution in [1.29, 1.82) is 0 Å². The van der Waals surface area contributed by atoms with Crippen molar-refractivity contribution in [3.05, 3.63) is 24.3 Å². The van der Waals surface area contributed by atoms with Gasteiger partial charge in [0.2, 0.25) is 12.0 Å². The zero-order valence-corrected chi connectivity index (χ0v) is 12.4. The summed E-state index contributed by atoms with van der Waals surface area (Å²) in [6.07, 6.45) is -0.741. The highest BCUT2D eigenvalue weighted by Crippen LogP contribution is 2.30. The minimum Gasteiger partial charge on any atom is -0.485 e. The molecule has 1 unspecified atom stereocenters. The molecular formula is C14H14N2O5S. The predicted molar refractivity (Wildman–Crippen MR) is 78.9 cm³/mol. The molecule has 1 saturated heterocycles. The van der Waals surface area contributed by atoms with E-state index >= 15 is 0 Å². The van der Waals surface area contributed by atoms with Crippen LogP contribution >= 0.6 is 11.8 Å². The van der Waals surface area contributed by atoms with Gasteiger partial charge in [-0.2, -0.15) is 0 Å². The van der Waals surface area contributed by atoms with Gasteiger partial charge in [-0.15, -0.1) is 0 Å². The molecule has 0 aliphatic carbocycles. The fraction of sp³-hybridized carbons (Fsp3) is 0.357. The summed E-state index contributed by atoms with van der Waals surface area (Å²) in [5.41, 5.74) is 0. The zero-order chi connectivity index (χ0) is 15.5. The first-order valence-electron chi connectivity index (χ1n) is 6.78. The number of ether oxygens (including phenoxy) is 2. The van der Waals surface area contributed by atoms with Crippen LogP contribution in [0.2, 0.25) is 0 Å². The monoisotopic (exact) mass is 322 g/mol. The number of carbonyl (C=O) groups is 3. The second-order valence-electron chi connectivity index (χ2n) is 4.76. The van der Waals surface area contributed by atoms with E-state index < -0.39 is 6.10 Å². The maximum atomic E-state index is 12.0. The van der Waals surface area contributed by atoms with Crippen LogP contribution in [-0.2, 0) is 9.59 Å². The lowest BCUT2D eigenvalue weighted by Gasteiger charge is -2.25. The average molecular weight is 322 g/mol. The van der Waals surface area contributed by atoms with Crippen molar-refractivity contribution in [2.45, 2.75) is 6.10 Å². The first-order valence-corrected chi connectivity index (χ1v) is 7.77. The van der Waals surface area contributed by atoms with Gasteiger partial charge in [-0.05, 0) is 12.1 Å². The summed E-state index contributed by atoms with van der Waals surface area (Å²) >= 11 is 0.973. The Morgan fingerprint density at radius 3 is 2.82 bits per heavy atom. The van der Waals surface area contributed by atoms with E-state index in [1.807, 2.05) is 6.07 Å². The molecule has 0 spiro atoms. The maximum absolute atomic E-state index is 12.0. The molecule has 3 amide bonds. The van der Waals surface area contributed by atoms with Crippen molar-refractivity contribution in [3.63, 3.8) is 0 Å². The number of carbonyl (C=O) groups excluding carboxylic acids is 3. The molecule has 1 aromatic rings. The van der Waals surface area contributed by atoms with Gasteiger partial charge in [0.15, 0.2) is 11.5 Å². The van der Waals surface area contributed by atoms with Crippen molar-refractivity contribution < 1.29 is 23.9 Å². The van der Waals surface area contributed by atoms with Crippen LogP contribution in [0, 0.1) is 0 Å². The van der Waals surface area contributed by atoms with Crippen LogP contribution in [0.1, 0.15) is 0 Å². The van der Waals surface area contributed by atoms with Crippen LogP contribution in [0.4, 0.5) is 4.79 Å². The molecule has 1 fully saturated rings. The number of fused-ring (bicyclic) bond motifs is 1. The number of nitrogens with one attached hydrogen (secondary N) is 1. The molecule has 116 valence electrons. The van der Waals surface area contributed by atoms with Gasteiger partial charge in [0.1, 0.15) is 6.61 Å². The summed E-state index contributed by atoms with van der Waals surface area (Å²) in [5, 5.41) is 2.38. The molecule has 0 radical (unpaired) electrons. The van der Waals surface area contributed by atoms with E-state index in [-0.39, 0.29) is 42.5 Å². The van der Waals surface area contributed by atoms with Crippen LogP contribution in [0.25, 0.3) is 0 Å². The predicted octanol–water partition coefficient (Wildman–Crippen LogP) is 0.638. The molecule has 22 heavy (non-hydrogen) atoms. The molecule has 3 rings (SSSR count). The highest BCUT2D eigenvalue weighted by molar-refractivity contribution is 8.14. The second kappa shape index (κ2) is 6.27. The molecule has 2 aliphatic rings. The Bertz CT molecular complexity index is 605. The van der Waals surface area contributed by atoms with Crippen molar-refractivity contribution in [2.75, 3.05) is 25.4 Å². The number of amides is 3. The van der Waals surface area contributed by atoms with E-state index in [1.54, 1.807) is 18.2 Å². The molecule has 1 aromatic carbocycles. The van der Waals surface area contributed by atoms with Gasteiger partial charge in [-0.25, -0.2) is 0 Å². The van der Waals surface area contributed by atoms with Crippen LogP contribution < -0.4 is 14.8 Å². The van der Waals surface area contributed by atoms with Gasteiger partial charge in [-0.3, -0.25) is 19.3 Å². The van der Waals surface area contributed by atoms with Gasteiger partial charge in [-0.1, -0.05) is 23.9 Å². The standard InChI is InChI=1S/C14H14N2O5S/c17-12-8-22-14(19)16(12)6-5-15-13(18)11-7-20-9-3-1-2-4-10(9)21-11/h1-4,11H,5-8H2,(H,15,18). The minimum absolute atomic E-state index is 0.125. The molecular weight excluding hydrogens is 308 g/mol. The topological polar surface area (TPSA) is 84.9 Å². The van der Waals surface area contributed by atoms with E-state index in [4.69, 9.17) is 9.47 Å². The number of benzene rings is 1. The largest absolute Gasteiger partial charge is 0.485 e. The molecule has 2 aliphatic heterocycles. The molecule has 1 atom stereocenters. The Kier molecular flexibility index (Phi) is 4.19. The first kappa shape index (κ1) is 14.7. The van der Waals surface area contributed by atoms with Crippen molar-refractivity contribution in [2.24, 2.45) is 0 Å². The normalized spacial score (nSPS) is 20.2. The molecule has 1 N–H and O–H groups in total. The van der Waals surface area contributed by atoms with Gasteiger partial charge in [0, 0.05) is 13.1 Å². The molecule has 0 aromatic heterocycles. The average Bonchev–Trinajstić information content (AvgIpc) is 2.86. The number of para-hydroxylation sites is 2. The van der Waals surface area contributed by atoms with Crippen molar-refractivity contribution >= 4 is 28.8 Å². The number of hydrogen-bond acceptors (Lipinski definition) is 6. The van der Waals surface area contributed by atoms with E-state index in [9.17, 15) is 14.4 Å². The number of imide groups is 1. The van der Waals surface area contributed by atoms with Crippen molar-refractivity contribution in [3.8, 4) is 11.5 Å². The minimum atomic E-state index is -0.741. The van der Waals surface area contributed by atoms with Crippen LogP contribution in [-0.4, -0.2) is 53.5 Å². The molecule has 0 bridgehead atoms. The fourth-order valence-corrected chi connectivity index (χ4v) is 2.90. The lowest BCUT2D eigenvalue weighted by atomic mass is 10.2. The van der Waals surface area contributed by atoms with Crippen LogP contribution in [0.15, 0.2) is 24.3 Å². The SMILES string of the molecule is O=C(NCCN1C(=O)CSC1=O)C1COc2ccccc2O1. The van der Waals surface area contributed by atoms with E-state index in [2.05, 4.69) is 5.32 Å².